The first-order valence-corrected chi connectivity index (χ1v) is 6.00. The first-order valence-electron chi connectivity index (χ1n) is 4.73. The van der Waals surface area contributed by atoms with Crippen LogP contribution in [0.5, 0.6) is 0 Å². The second-order valence-electron chi connectivity index (χ2n) is 3.40. The normalized spacial score (nSPS) is 10.3. The molecule has 0 bridgehead atoms. The molecule has 0 unspecified atom stereocenters. The first kappa shape index (κ1) is 11.6. The average molecular weight is 266 g/mol. The number of hydrogen-bond acceptors (Lipinski definition) is 3. The second kappa shape index (κ2) is 4.95. The van der Waals surface area contributed by atoms with Crippen LogP contribution in [0.1, 0.15) is 5.56 Å². The maximum Gasteiger partial charge on any atom is 0.137 e. The Kier molecular flexibility index (Phi) is 3.58. The Hall–Kier alpha value is -0.910. The number of thiol groups is 1. The Labute approximate surface area is 109 Å². The molecule has 0 spiro atoms. The fourth-order valence-corrected chi connectivity index (χ4v) is 2.05. The molecule has 0 saturated heterocycles. The number of nitrogens with zero attached hydrogens (tertiary/aromatic N) is 1. The molecule has 2 aromatic rings. The van der Waals surface area contributed by atoms with Gasteiger partial charge in [-0.25, -0.2) is 0 Å². The molecule has 0 saturated carbocycles. The Bertz CT molecular complexity index is 599. The van der Waals surface area contributed by atoms with Gasteiger partial charge in [-0.15, -0.1) is 12.6 Å². The molecule has 2 nitrogen and oxygen atoms in total. The predicted octanol–water partition coefficient (Wildman–Crippen LogP) is 3.61. The zero-order valence-electron chi connectivity index (χ0n) is 8.38. The lowest BCUT2D eigenvalue weighted by atomic mass is 10.2. The molecule has 1 N–H and O–H groups in total. The molecular formula is C11H10N2S3. The molecule has 5 heteroatoms. The van der Waals surface area contributed by atoms with Gasteiger partial charge in [-0.05, 0) is 5.56 Å². The van der Waals surface area contributed by atoms with Gasteiger partial charge in [0.15, 0.2) is 0 Å². The van der Waals surface area contributed by atoms with E-state index in [1.165, 1.54) is 5.56 Å². The predicted molar refractivity (Wildman–Crippen MR) is 73.2 cm³/mol. The summed E-state index contributed by atoms with van der Waals surface area (Å²) in [6.07, 6.45) is 1.86. The second-order valence-corrected chi connectivity index (χ2v) is 4.70. The van der Waals surface area contributed by atoms with Crippen LogP contribution in [0.15, 0.2) is 41.4 Å². The third kappa shape index (κ3) is 2.61. The number of rotatable bonds is 2. The van der Waals surface area contributed by atoms with Gasteiger partial charge in [-0.2, -0.15) is 0 Å². The number of H-pyrrole nitrogens is 1. The highest BCUT2D eigenvalue weighted by Gasteiger charge is 1.97. The fraction of sp³-hybridized carbons (Fsp3) is 0.0909. The van der Waals surface area contributed by atoms with E-state index in [2.05, 4.69) is 29.9 Å². The van der Waals surface area contributed by atoms with Gasteiger partial charge in [-0.1, -0.05) is 54.8 Å². The van der Waals surface area contributed by atoms with Crippen LogP contribution < -0.4 is 0 Å². The van der Waals surface area contributed by atoms with E-state index in [0.717, 1.165) is 11.4 Å². The number of aromatic nitrogens is 2. The summed E-state index contributed by atoms with van der Waals surface area (Å²) in [5.41, 5.74) is 1.20. The van der Waals surface area contributed by atoms with Gasteiger partial charge in [-0.3, -0.25) is 9.78 Å². The summed E-state index contributed by atoms with van der Waals surface area (Å²) in [4.78, 5) is 0.731. The van der Waals surface area contributed by atoms with E-state index in [1.54, 1.807) is 0 Å². The highest BCUT2D eigenvalue weighted by Crippen LogP contribution is 2.09. The molecule has 0 aliphatic rings. The third-order valence-electron chi connectivity index (χ3n) is 2.16. The molecule has 0 amide bonds. The standard InChI is InChI=1S/C11H10N2S3/c14-9-7-13(12-11(16)10(9)15)6-8-4-2-1-3-5-8/h1-5,7,14H,6H2,(H,12,16). The van der Waals surface area contributed by atoms with Crippen molar-refractivity contribution < 1.29 is 0 Å². The highest BCUT2D eigenvalue weighted by molar-refractivity contribution is 7.81. The lowest BCUT2D eigenvalue weighted by molar-refractivity contribution is 0.647. The maximum atomic E-state index is 5.12. The van der Waals surface area contributed by atoms with Gasteiger partial charge < -0.3 is 0 Å². The minimum Gasteiger partial charge on any atom is -0.289 e. The molecule has 0 fully saturated rings. The Morgan fingerprint density at radius 1 is 1.19 bits per heavy atom. The van der Waals surface area contributed by atoms with E-state index in [9.17, 15) is 0 Å². The maximum absolute atomic E-state index is 5.12. The summed E-state index contributed by atoms with van der Waals surface area (Å²) in [5, 5.41) is 3.04. The third-order valence-corrected chi connectivity index (χ3v) is 3.50. The van der Waals surface area contributed by atoms with Crippen LogP contribution in [-0.4, -0.2) is 9.78 Å². The highest BCUT2D eigenvalue weighted by atomic mass is 32.1. The van der Waals surface area contributed by atoms with Gasteiger partial charge in [0.05, 0.1) is 11.1 Å². The van der Waals surface area contributed by atoms with Crippen molar-refractivity contribution in [2.45, 2.75) is 11.4 Å². The zero-order chi connectivity index (χ0) is 11.5. The number of hydrogen-bond donors (Lipinski definition) is 2. The SMILES string of the molecule is S=c1[nH]n(Cc2ccccc2)cc(S)c1=S. The van der Waals surface area contributed by atoms with Crippen molar-refractivity contribution in [3.05, 3.63) is 51.2 Å². The van der Waals surface area contributed by atoms with Crippen LogP contribution in [0.2, 0.25) is 0 Å². The summed E-state index contributed by atoms with van der Waals surface area (Å²) < 4.78 is 3.04. The summed E-state index contributed by atoms with van der Waals surface area (Å²) in [6, 6.07) is 10.1. The molecular weight excluding hydrogens is 256 g/mol. The van der Waals surface area contributed by atoms with Crippen molar-refractivity contribution in [1.29, 1.82) is 0 Å². The largest absolute Gasteiger partial charge is 0.289 e. The summed E-state index contributed by atoms with van der Waals surface area (Å²) in [5.74, 6) is 0. The van der Waals surface area contributed by atoms with Gasteiger partial charge >= 0.3 is 0 Å². The summed E-state index contributed by atoms with van der Waals surface area (Å²) >= 11 is 14.5. The van der Waals surface area contributed by atoms with Crippen molar-refractivity contribution in [2.24, 2.45) is 0 Å². The lowest BCUT2D eigenvalue weighted by Crippen LogP contribution is -2.05. The minimum atomic E-state index is 0.554. The molecule has 82 valence electrons. The molecule has 16 heavy (non-hydrogen) atoms. The monoisotopic (exact) mass is 266 g/mol. The van der Waals surface area contributed by atoms with Crippen molar-refractivity contribution in [2.75, 3.05) is 0 Å². The van der Waals surface area contributed by atoms with E-state index in [0.29, 0.717) is 9.15 Å². The van der Waals surface area contributed by atoms with E-state index in [4.69, 9.17) is 24.4 Å². The smallest absolute Gasteiger partial charge is 0.137 e. The molecule has 2 rings (SSSR count). The van der Waals surface area contributed by atoms with Crippen molar-refractivity contribution in [3.63, 3.8) is 0 Å². The van der Waals surface area contributed by atoms with E-state index in [1.807, 2.05) is 29.1 Å². The number of aromatic amines is 1. The van der Waals surface area contributed by atoms with E-state index in [-0.39, 0.29) is 0 Å². The van der Waals surface area contributed by atoms with Crippen LogP contribution in [0.25, 0.3) is 0 Å². The summed E-state index contributed by atoms with van der Waals surface area (Å²) in [7, 11) is 0. The van der Waals surface area contributed by atoms with Gasteiger partial charge in [0.25, 0.3) is 0 Å². The molecule has 1 heterocycles. The topological polar surface area (TPSA) is 20.7 Å². The average Bonchev–Trinajstić information content (AvgIpc) is 2.27. The Morgan fingerprint density at radius 3 is 2.50 bits per heavy atom. The van der Waals surface area contributed by atoms with Gasteiger partial charge in [0.1, 0.15) is 4.64 Å². The molecule has 1 aromatic heterocycles. The van der Waals surface area contributed by atoms with Crippen LogP contribution in [-0.2, 0) is 6.54 Å². The molecule has 0 atom stereocenters. The van der Waals surface area contributed by atoms with Crippen molar-refractivity contribution in [3.8, 4) is 0 Å². The number of nitrogens with one attached hydrogen (secondary N) is 1. The quantitative estimate of drug-likeness (QED) is 0.640. The first-order chi connectivity index (χ1) is 7.66. The fourth-order valence-electron chi connectivity index (χ4n) is 1.40. The van der Waals surface area contributed by atoms with Gasteiger partial charge in [0.2, 0.25) is 0 Å². The van der Waals surface area contributed by atoms with Crippen LogP contribution in [0, 0.1) is 9.15 Å². The zero-order valence-corrected chi connectivity index (χ0v) is 10.9. The Morgan fingerprint density at radius 2 is 1.88 bits per heavy atom. The van der Waals surface area contributed by atoms with Crippen LogP contribution in [0.4, 0.5) is 0 Å². The van der Waals surface area contributed by atoms with Crippen molar-refractivity contribution >= 4 is 37.1 Å². The van der Waals surface area contributed by atoms with Crippen LogP contribution in [0.3, 0.4) is 0 Å². The van der Waals surface area contributed by atoms with Crippen LogP contribution >= 0.6 is 37.1 Å². The lowest BCUT2D eigenvalue weighted by Gasteiger charge is -2.07. The molecule has 1 aromatic carbocycles. The van der Waals surface area contributed by atoms with Gasteiger partial charge in [0, 0.05) is 11.1 Å². The molecule has 0 radical (unpaired) electrons. The molecule has 0 aliphatic carbocycles. The molecule has 0 aliphatic heterocycles. The van der Waals surface area contributed by atoms with E-state index < -0.39 is 0 Å². The van der Waals surface area contributed by atoms with E-state index >= 15 is 0 Å². The Balaban J connectivity index is 2.37. The number of benzene rings is 1. The minimum absolute atomic E-state index is 0.554. The summed E-state index contributed by atoms with van der Waals surface area (Å²) in [6.45, 7) is 0.730. The van der Waals surface area contributed by atoms with Crippen molar-refractivity contribution in [1.82, 2.24) is 9.78 Å².